The molecule has 2 heteroatoms. The molecule has 94 valence electrons. The Balaban J connectivity index is 2.55. The first kappa shape index (κ1) is 14.4. The smallest absolute Gasteiger partial charge is 0.133 e. The minimum atomic E-state index is 0.392. The maximum atomic E-state index is 11.6. The van der Waals surface area contributed by atoms with E-state index in [2.05, 4.69) is 54.9 Å². The number of halogens is 1. The number of benzene rings is 1. The highest BCUT2D eigenvalue weighted by Crippen LogP contribution is 2.22. The van der Waals surface area contributed by atoms with Crippen molar-refractivity contribution in [1.82, 2.24) is 0 Å². The molecule has 0 heterocycles. The fourth-order valence-corrected chi connectivity index (χ4v) is 2.69. The predicted octanol–water partition coefficient (Wildman–Crippen LogP) is 4.70. The first-order valence-corrected chi connectivity index (χ1v) is 7.09. The highest BCUT2D eigenvalue weighted by Gasteiger charge is 2.11. The molecular formula is C15H21BrO. The average molecular weight is 297 g/mol. The molecule has 0 aliphatic rings. The van der Waals surface area contributed by atoms with Crippen LogP contribution in [0.25, 0.3) is 0 Å². The molecule has 1 nitrogen and oxygen atoms in total. The standard InChI is InChI=1S/C15H21BrO/c1-4-5-14(17)9-12(3)8-13-7-6-11(2)10-15(13)16/h6-7,10,12H,4-5,8-9H2,1-3H3. The summed E-state index contributed by atoms with van der Waals surface area (Å²) in [5, 5.41) is 0. The molecule has 0 aliphatic heterocycles. The largest absolute Gasteiger partial charge is 0.300 e. The third-order valence-electron chi connectivity index (χ3n) is 2.88. The van der Waals surface area contributed by atoms with Crippen molar-refractivity contribution in [2.75, 3.05) is 0 Å². The van der Waals surface area contributed by atoms with E-state index in [0.717, 1.165) is 23.7 Å². The van der Waals surface area contributed by atoms with Gasteiger partial charge in [-0.25, -0.2) is 0 Å². The molecule has 0 aromatic heterocycles. The molecule has 1 aromatic carbocycles. The Labute approximate surface area is 113 Å². The van der Waals surface area contributed by atoms with Crippen LogP contribution in [0, 0.1) is 12.8 Å². The summed E-state index contributed by atoms with van der Waals surface area (Å²) in [6, 6.07) is 6.41. The quantitative estimate of drug-likeness (QED) is 0.744. The molecule has 0 spiro atoms. The Hall–Kier alpha value is -0.630. The lowest BCUT2D eigenvalue weighted by molar-refractivity contribution is -0.119. The lowest BCUT2D eigenvalue weighted by Gasteiger charge is -2.12. The number of ketones is 1. The Morgan fingerprint density at radius 1 is 1.41 bits per heavy atom. The van der Waals surface area contributed by atoms with Gasteiger partial charge >= 0.3 is 0 Å². The molecule has 17 heavy (non-hydrogen) atoms. The second-order valence-corrected chi connectivity index (χ2v) is 5.75. The van der Waals surface area contributed by atoms with E-state index in [1.165, 1.54) is 11.1 Å². The van der Waals surface area contributed by atoms with E-state index in [4.69, 9.17) is 0 Å². The summed E-state index contributed by atoms with van der Waals surface area (Å²) in [6.45, 7) is 6.29. The van der Waals surface area contributed by atoms with Gasteiger partial charge in [-0.15, -0.1) is 0 Å². The van der Waals surface area contributed by atoms with Gasteiger partial charge in [-0.2, -0.15) is 0 Å². The predicted molar refractivity (Wildman–Crippen MR) is 76.3 cm³/mol. The van der Waals surface area contributed by atoms with Crippen molar-refractivity contribution in [2.24, 2.45) is 5.92 Å². The van der Waals surface area contributed by atoms with Crippen molar-refractivity contribution in [1.29, 1.82) is 0 Å². The SMILES string of the molecule is CCCC(=O)CC(C)Cc1ccc(C)cc1Br. The molecule has 1 unspecified atom stereocenters. The third kappa shape index (κ3) is 5.03. The van der Waals surface area contributed by atoms with E-state index in [1.54, 1.807) is 0 Å². The molecule has 1 aromatic rings. The van der Waals surface area contributed by atoms with E-state index in [9.17, 15) is 4.79 Å². The van der Waals surface area contributed by atoms with E-state index in [0.29, 0.717) is 18.1 Å². The summed E-state index contributed by atoms with van der Waals surface area (Å²) in [5.41, 5.74) is 2.56. The molecule has 0 bridgehead atoms. The first-order valence-electron chi connectivity index (χ1n) is 6.29. The summed E-state index contributed by atoms with van der Waals surface area (Å²) in [4.78, 5) is 11.6. The number of Topliss-reactive ketones (excluding diaryl/α,β-unsaturated/α-hetero) is 1. The number of aryl methyl sites for hydroxylation is 1. The number of hydrogen-bond acceptors (Lipinski definition) is 1. The number of hydrogen-bond donors (Lipinski definition) is 0. The Kier molecular flexibility index (Phi) is 5.90. The van der Waals surface area contributed by atoms with Crippen LogP contribution in [0.1, 0.15) is 44.2 Å². The molecule has 1 rings (SSSR count). The fourth-order valence-electron chi connectivity index (χ4n) is 2.04. The van der Waals surface area contributed by atoms with E-state index < -0.39 is 0 Å². The Bertz CT molecular complexity index is 385. The van der Waals surface area contributed by atoms with Gasteiger partial charge in [0.1, 0.15) is 5.78 Å². The second-order valence-electron chi connectivity index (χ2n) is 4.90. The molecule has 1 atom stereocenters. The van der Waals surface area contributed by atoms with E-state index >= 15 is 0 Å². The second kappa shape index (κ2) is 6.95. The van der Waals surface area contributed by atoms with Gasteiger partial charge in [0.15, 0.2) is 0 Å². The zero-order valence-electron chi connectivity index (χ0n) is 10.9. The van der Waals surface area contributed by atoms with Gasteiger partial charge in [-0.05, 0) is 42.9 Å². The summed E-state index contributed by atoms with van der Waals surface area (Å²) in [6.07, 6.45) is 3.35. The van der Waals surface area contributed by atoms with Gasteiger partial charge < -0.3 is 0 Å². The third-order valence-corrected chi connectivity index (χ3v) is 3.62. The van der Waals surface area contributed by atoms with Crippen LogP contribution >= 0.6 is 15.9 Å². The topological polar surface area (TPSA) is 17.1 Å². The van der Waals surface area contributed by atoms with Crippen LogP contribution in [0.2, 0.25) is 0 Å². The zero-order chi connectivity index (χ0) is 12.8. The summed E-state index contributed by atoms with van der Waals surface area (Å²) in [7, 11) is 0. The van der Waals surface area contributed by atoms with Gasteiger partial charge in [0, 0.05) is 17.3 Å². The normalized spacial score (nSPS) is 12.5. The van der Waals surface area contributed by atoms with Crippen molar-refractivity contribution in [2.45, 2.75) is 46.5 Å². The minimum Gasteiger partial charge on any atom is -0.300 e. The van der Waals surface area contributed by atoms with Crippen LogP contribution in [0.3, 0.4) is 0 Å². The van der Waals surface area contributed by atoms with Crippen LogP contribution in [-0.2, 0) is 11.2 Å². The van der Waals surface area contributed by atoms with Crippen molar-refractivity contribution in [3.05, 3.63) is 33.8 Å². The molecule has 0 saturated carbocycles. The molecule has 0 saturated heterocycles. The number of rotatable bonds is 6. The molecule has 0 amide bonds. The van der Waals surface area contributed by atoms with E-state index in [1.807, 2.05) is 0 Å². The highest BCUT2D eigenvalue weighted by molar-refractivity contribution is 9.10. The summed E-state index contributed by atoms with van der Waals surface area (Å²) >= 11 is 3.59. The van der Waals surface area contributed by atoms with Crippen molar-refractivity contribution < 1.29 is 4.79 Å². The molecular weight excluding hydrogens is 276 g/mol. The molecule has 0 N–H and O–H groups in total. The first-order chi connectivity index (χ1) is 8.02. The number of carbonyl (C=O) groups is 1. The van der Waals surface area contributed by atoms with Gasteiger partial charge in [-0.1, -0.05) is 41.9 Å². The molecule has 0 fully saturated rings. The van der Waals surface area contributed by atoms with Gasteiger partial charge in [0.25, 0.3) is 0 Å². The van der Waals surface area contributed by atoms with E-state index in [-0.39, 0.29) is 0 Å². The highest BCUT2D eigenvalue weighted by atomic mass is 79.9. The molecule has 0 aliphatic carbocycles. The van der Waals surface area contributed by atoms with Crippen molar-refractivity contribution in [3.63, 3.8) is 0 Å². The summed E-state index contributed by atoms with van der Waals surface area (Å²) < 4.78 is 1.16. The maximum Gasteiger partial charge on any atom is 0.133 e. The van der Waals surface area contributed by atoms with Crippen molar-refractivity contribution in [3.8, 4) is 0 Å². The van der Waals surface area contributed by atoms with Crippen LogP contribution in [0.5, 0.6) is 0 Å². The lowest BCUT2D eigenvalue weighted by atomic mass is 9.94. The maximum absolute atomic E-state index is 11.6. The van der Waals surface area contributed by atoms with Gasteiger partial charge in [-0.3, -0.25) is 4.79 Å². The summed E-state index contributed by atoms with van der Waals surface area (Å²) in [5.74, 6) is 0.816. The molecule has 0 radical (unpaired) electrons. The Morgan fingerprint density at radius 3 is 2.71 bits per heavy atom. The van der Waals surface area contributed by atoms with Crippen LogP contribution < -0.4 is 0 Å². The average Bonchev–Trinajstić information content (AvgIpc) is 2.22. The Morgan fingerprint density at radius 2 is 2.12 bits per heavy atom. The zero-order valence-corrected chi connectivity index (χ0v) is 12.5. The van der Waals surface area contributed by atoms with Gasteiger partial charge in [0.2, 0.25) is 0 Å². The van der Waals surface area contributed by atoms with Gasteiger partial charge in [0.05, 0.1) is 0 Å². The van der Waals surface area contributed by atoms with Crippen molar-refractivity contribution >= 4 is 21.7 Å². The number of carbonyl (C=O) groups excluding carboxylic acids is 1. The minimum absolute atomic E-state index is 0.392. The van der Waals surface area contributed by atoms with Crippen LogP contribution in [0.4, 0.5) is 0 Å². The fraction of sp³-hybridized carbons (Fsp3) is 0.533. The van der Waals surface area contributed by atoms with Crippen LogP contribution in [-0.4, -0.2) is 5.78 Å². The monoisotopic (exact) mass is 296 g/mol. The lowest BCUT2D eigenvalue weighted by Crippen LogP contribution is -2.08. The van der Waals surface area contributed by atoms with Crippen LogP contribution in [0.15, 0.2) is 22.7 Å².